The monoisotopic (exact) mass is 295 g/mol. The number of halogens is 1. The van der Waals surface area contributed by atoms with Gasteiger partial charge in [-0.2, -0.15) is 0 Å². The molecule has 1 aliphatic heterocycles. The molecule has 0 aromatic heterocycles. The maximum atomic E-state index is 6.43. The zero-order valence-corrected chi connectivity index (χ0v) is 13.8. The summed E-state index contributed by atoms with van der Waals surface area (Å²) < 4.78 is 0. The van der Waals surface area contributed by atoms with Gasteiger partial charge in [0.1, 0.15) is 0 Å². The average molecular weight is 296 g/mol. The molecule has 1 aliphatic rings. The number of nitrogens with one attached hydrogen (secondary N) is 1. The molecule has 0 bridgehead atoms. The van der Waals surface area contributed by atoms with Crippen LogP contribution in [0.4, 0.5) is 5.69 Å². The van der Waals surface area contributed by atoms with Gasteiger partial charge < -0.3 is 15.1 Å². The van der Waals surface area contributed by atoms with Crippen molar-refractivity contribution in [3.63, 3.8) is 0 Å². The Morgan fingerprint density at radius 3 is 2.35 bits per heavy atom. The van der Waals surface area contributed by atoms with Crippen LogP contribution < -0.4 is 10.2 Å². The lowest BCUT2D eigenvalue weighted by molar-refractivity contribution is 0.313. The van der Waals surface area contributed by atoms with E-state index in [1.807, 2.05) is 0 Å². The highest BCUT2D eigenvalue weighted by molar-refractivity contribution is 6.31. The first-order valence-electron chi connectivity index (χ1n) is 7.32. The summed E-state index contributed by atoms with van der Waals surface area (Å²) in [6, 6.07) is 6.44. The first-order chi connectivity index (χ1) is 9.35. The highest BCUT2D eigenvalue weighted by Gasteiger charge is 2.15. The fraction of sp³-hybridized carbons (Fsp3) is 0.625. The van der Waals surface area contributed by atoms with E-state index in [0.717, 1.165) is 37.7 Å². The molecule has 0 unspecified atom stereocenters. The minimum Gasteiger partial charge on any atom is -0.369 e. The number of nitrogens with zero attached hydrogens (tertiary/aromatic N) is 2. The molecule has 4 heteroatoms. The molecule has 1 aromatic rings. The smallest absolute Gasteiger partial charge is 0.0471 e. The van der Waals surface area contributed by atoms with Crippen molar-refractivity contribution in [3.8, 4) is 0 Å². The molecule has 0 spiro atoms. The molecule has 112 valence electrons. The molecule has 0 atom stereocenters. The summed E-state index contributed by atoms with van der Waals surface area (Å²) in [6.07, 6.45) is 0. The molecule has 1 aromatic carbocycles. The summed E-state index contributed by atoms with van der Waals surface area (Å²) in [7, 11) is 2.17. The maximum absolute atomic E-state index is 6.43. The minimum absolute atomic E-state index is 0.111. The molecule has 0 radical (unpaired) electrons. The van der Waals surface area contributed by atoms with E-state index >= 15 is 0 Å². The molecular formula is C16H26ClN3. The number of hydrogen-bond acceptors (Lipinski definition) is 3. The van der Waals surface area contributed by atoms with E-state index in [2.05, 4.69) is 61.1 Å². The van der Waals surface area contributed by atoms with Crippen LogP contribution in [0.1, 0.15) is 26.3 Å². The Labute approximate surface area is 127 Å². The summed E-state index contributed by atoms with van der Waals surface area (Å²) in [6.45, 7) is 11.7. The van der Waals surface area contributed by atoms with Gasteiger partial charge in [-0.15, -0.1) is 0 Å². The molecule has 0 saturated carbocycles. The molecule has 1 fully saturated rings. The molecule has 0 amide bonds. The predicted molar refractivity (Wildman–Crippen MR) is 87.8 cm³/mol. The van der Waals surface area contributed by atoms with Gasteiger partial charge in [0, 0.05) is 49.0 Å². The summed E-state index contributed by atoms with van der Waals surface area (Å²) in [4.78, 5) is 4.77. The Balaban J connectivity index is 2.02. The quantitative estimate of drug-likeness (QED) is 0.925. The number of piperazine rings is 1. The van der Waals surface area contributed by atoms with Gasteiger partial charge in [-0.3, -0.25) is 0 Å². The van der Waals surface area contributed by atoms with Crippen LogP contribution in [-0.2, 0) is 6.54 Å². The Bertz CT molecular complexity index is 446. The number of anilines is 1. The molecule has 20 heavy (non-hydrogen) atoms. The van der Waals surface area contributed by atoms with Crippen LogP contribution in [0.25, 0.3) is 0 Å². The Morgan fingerprint density at radius 2 is 1.80 bits per heavy atom. The normalized spacial score (nSPS) is 17.6. The van der Waals surface area contributed by atoms with Gasteiger partial charge in [-0.25, -0.2) is 0 Å². The van der Waals surface area contributed by atoms with Gasteiger partial charge in [0.25, 0.3) is 0 Å². The van der Waals surface area contributed by atoms with Crippen molar-refractivity contribution in [2.45, 2.75) is 32.9 Å². The second-order valence-corrected chi connectivity index (χ2v) is 7.08. The maximum Gasteiger partial charge on any atom is 0.0471 e. The third kappa shape index (κ3) is 4.37. The van der Waals surface area contributed by atoms with Crippen LogP contribution >= 0.6 is 11.6 Å². The summed E-state index contributed by atoms with van der Waals surface area (Å²) in [5.41, 5.74) is 2.52. The van der Waals surface area contributed by atoms with Crippen molar-refractivity contribution in [1.82, 2.24) is 10.2 Å². The predicted octanol–water partition coefficient (Wildman–Crippen LogP) is 2.98. The van der Waals surface area contributed by atoms with Crippen LogP contribution in [0.5, 0.6) is 0 Å². The highest BCUT2D eigenvalue weighted by Crippen LogP contribution is 2.25. The van der Waals surface area contributed by atoms with Crippen molar-refractivity contribution in [1.29, 1.82) is 0 Å². The van der Waals surface area contributed by atoms with Crippen molar-refractivity contribution < 1.29 is 0 Å². The lowest BCUT2D eigenvalue weighted by atomic mass is 10.1. The molecule has 1 saturated heterocycles. The number of benzene rings is 1. The van der Waals surface area contributed by atoms with Crippen LogP contribution in [0.15, 0.2) is 18.2 Å². The summed E-state index contributed by atoms with van der Waals surface area (Å²) in [5.74, 6) is 0. The fourth-order valence-electron chi connectivity index (χ4n) is 2.30. The minimum atomic E-state index is 0.111. The lowest BCUT2D eigenvalue weighted by Crippen LogP contribution is -2.44. The van der Waals surface area contributed by atoms with Crippen LogP contribution in [-0.4, -0.2) is 43.7 Å². The molecule has 3 nitrogen and oxygen atoms in total. The van der Waals surface area contributed by atoms with Crippen LogP contribution in [0, 0.1) is 0 Å². The molecule has 1 N–H and O–H groups in total. The van der Waals surface area contributed by atoms with Gasteiger partial charge in [0.15, 0.2) is 0 Å². The molecular weight excluding hydrogens is 270 g/mol. The van der Waals surface area contributed by atoms with Gasteiger partial charge >= 0.3 is 0 Å². The number of likely N-dealkylation sites (N-methyl/N-ethyl adjacent to an activating group) is 1. The van der Waals surface area contributed by atoms with Gasteiger partial charge in [0.05, 0.1) is 0 Å². The standard InChI is InChI=1S/C16H26ClN3/c1-16(2,3)18-12-13-5-6-14(11-15(13)17)20-9-7-19(4)8-10-20/h5-6,11,18H,7-10,12H2,1-4H3. The zero-order valence-electron chi connectivity index (χ0n) is 13.0. The van der Waals surface area contributed by atoms with Crippen molar-refractivity contribution >= 4 is 17.3 Å². The Hall–Kier alpha value is -0.770. The van der Waals surface area contributed by atoms with E-state index in [1.165, 1.54) is 11.3 Å². The van der Waals surface area contributed by atoms with Crippen molar-refractivity contribution in [2.75, 3.05) is 38.1 Å². The number of rotatable bonds is 3. The van der Waals surface area contributed by atoms with Crippen LogP contribution in [0.3, 0.4) is 0 Å². The van der Waals surface area contributed by atoms with E-state index < -0.39 is 0 Å². The second-order valence-electron chi connectivity index (χ2n) is 6.67. The van der Waals surface area contributed by atoms with E-state index in [-0.39, 0.29) is 5.54 Å². The highest BCUT2D eigenvalue weighted by atomic mass is 35.5. The first-order valence-corrected chi connectivity index (χ1v) is 7.70. The summed E-state index contributed by atoms with van der Waals surface area (Å²) in [5, 5.41) is 4.34. The fourth-order valence-corrected chi connectivity index (χ4v) is 2.54. The van der Waals surface area contributed by atoms with Crippen LogP contribution in [0.2, 0.25) is 5.02 Å². The Morgan fingerprint density at radius 1 is 1.15 bits per heavy atom. The van der Waals surface area contributed by atoms with E-state index in [4.69, 9.17) is 11.6 Å². The Kier molecular flexibility index (Phi) is 4.95. The molecule has 1 heterocycles. The van der Waals surface area contributed by atoms with E-state index in [0.29, 0.717) is 0 Å². The molecule has 2 rings (SSSR count). The zero-order chi connectivity index (χ0) is 14.8. The third-order valence-corrected chi connectivity index (χ3v) is 4.07. The summed E-state index contributed by atoms with van der Waals surface area (Å²) >= 11 is 6.43. The largest absolute Gasteiger partial charge is 0.369 e. The van der Waals surface area contributed by atoms with Crippen molar-refractivity contribution in [3.05, 3.63) is 28.8 Å². The van der Waals surface area contributed by atoms with Crippen molar-refractivity contribution in [2.24, 2.45) is 0 Å². The topological polar surface area (TPSA) is 18.5 Å². The SMILES string of the molecule is CN1CCN(c2ccc(CNC(C)(C)C)c(Cl)c2)CC1. The second kappa shape index (κ2) is 6.33. The number of hydrogen-bond donors (Lipinski definition) is 1. The van der Waals surface area contributed by atoms with Gasteiger partial charge in [-0.1, -0.05) is 17.7 Å². The lowest BCUT2D eigenvalue weighted by Gasteiger charge is -2.34. The first kappa shape index (κ1) is 15.6. The van der Waals surface area contributed by atoms with E-state index in [1.54, 1.807) is 0 Å². The van der Waals surface area contributed by atoms with Gasteiger partial charge in [0.2, 0.25) is 0 Å². The van der Waals surface area contributed by atoms with Gasteiger partial charge in [-0.05, 0) is 45.5 Å². The average Bonchev–Trinajstić information content (AvgIpc) is 2.37. The third-order valence-electron chi connectivity index (χ3n) is 3.71. The molecule has 0 aliphatic carbocycles. The van der Waals surface area contributed by atoms with E-state index in [9.17, 15) is 0 Å².